The summed E-state index contributed by atoms with van der Waals surface area (Å²) in [5.74, 6) is -0.577. The van der Waals surface area contributed by atoms with Crippen LogP contribution >= 0.6 is 0 Å². The van der Waals surface area contributed by atoms with Crippen LogP contribution in [0.15, 0.2) is 18.2 Å². The van der Waals surface area contributed by atoms with E-state index in [2.05, 4.69) is 10.6 Å². The number of ether oxygens (including phenoxy) is 2. The quantitative estimate of drug-likeness (QED) is 0.680. The van der Waals surface area contributed by atoms with Gasteiger partial charge in [0.2, 0.25) is 5.91 Å². The molecule has 0 atom stereocenters. The Morgan fingerprint density at radius 1 is 1.10 bits per heavy atom. The summed E-state index contributed by atoms with van der Waals surface area (Å²) in [6, 6.07) is 5.42. The Labute approximate surface area is 172 Å². The first-order chi connectivity index (χ1) is 13.5. The van der Waals surface area contributed by atoms with E-state index >= 15 is 0 Å². The summed E-state index contributed by atoms with van der Waals surface area (Å²) >= 11 is 0. The van der Waals surface area contributed by atoms with E-state index in [0.29, 0.717) is 24.3 Å². The maximum atomic E-state index is 12.8. The molecule has 1 saturated carbocycles. The molecule has 7 heteroatoms. The Hall–Kier alpha value is -2.57. The normalized spacial score (nSPS) is 15.5. The topological polar surface area (TPSA) is 93.7 Å². The van der Waals surface area contributed by atoms with E-state index < -0.39 is 23.9 Å². The Bertz CT molecular complexity index is 761. The molecule has 0 spiro atoms. The fourth-order valence-corrected chi connectivity index (χ4v) is 3.66. The summed E-state index contributed by atoms with van der Waals surface area (Å²) in [4.78, 5) is 37.5. The van der Waals surface area contributed by atoms with E-state index in [9.17, 15) is 14.4 Å². The van der Waals surface area contributed by atoms with Crippen molar-refractivity contribution < 1.29 is 23.9 Å². The zero-order valence-electron chi connectivity index (χ0n) is 18.0. The number of amides is 2. The lowest BCUT2D eigenvalue weighted by Gasteiger charge is -2.28. The number of hydrogen-bond donors (Lipinski definition) is 2. The fraction of sp³-hybridized carbons (Fsp3) is 0.591. The van der Waals surface area contributed by atoms with E-state index in [4.69, 9.17) is 9.47 Å². The first-order valence-corrected chi connectivity index (χ1v) is 9.97. The molecule has 1 aromatic rings. The maximum absolute atomic E-state index is 12.8. The third-order valence-electron chi connectivity index (χ3n) is 4.97. The molecule has 2 rings (SSSR count). The summed E-state index contributed by atoms with van der Waals surface area (Å²) < 4.78 is 10.6. The molecule has 2 amide bonds. The zero-order chi connectivity index (χ0) is 21.7. The standard InChI is InChI=1S/C22H32N2O5/c1-15-8-9-17(28-5)16(12-15)23-19(26)14-29-20(27)22(10-6-7-11-22)13-18(25)24-21(2,3)4/h8-9,12H,6-7,10-11,13-14H2,1-5H3,(H,23,26)(H,24,25). The van der Waals surface area contributed by atoms with Crippen molar-refractivity contribution >= 4 is 23.5 Å². The number of carbonyl (C=O) groups is 3. The smallest absolute Gasteiger partial charge is 0.313 e. The predicted molar refractivity (Wildman–Crippen MR) is 111 cm³/mol. The van der Waals surface area contributed by atoms with Gasteiger partial charge < -0.3 is 20.1 Å². The van der Waals surface area contributed by atoms with Crippen LogP contribution in [0.2, 0.25) is 0 Å². The van der Waals surface area contributed by atoms with E-state index in [1.54, 1.807) is 12.1 Å². The number of carbonyl (C=O) groups excluding carboxylic acids is 3. The molecule has 0 aliphatic heterocycles. The van der Waals surface area contributed by atoms with Gasteiger partial charge in [-0.25, -0.2) is 0 Å². The highest BCUT2D eigenvalue weighted by Crippen LogP contribution is 2.42. The molecule has 29 heavy (non-hydrogen) atoms. The molecule has 1 aromatic carbocycles. The van der Waals surface area contributed by atoms with Gasteiger partial charge >= 0.3 is 5.97 Å². The van der Waals surface area contributed by atoms with Crippen LogP contribution in [0.4, 0.5) is 5.69 Å². The highest BCUT2D eigenvalue weighted by atomic mass is 16.5. The summed E-state index contributed by atoms with van der Waals surface area (Å²) in [7, 11) is 1.52. The second-order valence-electron chi connectivity index (χ2n) is 8.79. The van der Waals surface area contributed by atoms with Crippen molar-refractivity contribution in [1.29, 1.82) is 0 Å². The van der Waals surface area contributed by atoms with Gasteiger partial charge in [0.05, 0.1) is 18.2 Å². The number of nitrogens with one attached hydrogen (secondary N) is 2. The zero-order valence-corrected chi connectivity index (χ0v) is 18.0. The molecule has 160 valence electrons. The van der Waals surface area contributed by atoms with Gasteiger partial charge in [-0.2, -0.15) is 0 Å². The second-order valence-corrected chi connectivity index (χ2v) is 8.79. The van der Waals surface area contributed by atoms with E-state index in [0.717, 1.165) is 18.4 Å². The number of esters is 1. The molecule has 0 aromatic heterocycles. The molecule has 0 heterocycles. The second kappa shape index (κ2) is 9.29. The third-order valence-corrected chi connectivity index (χ3v) is 4.97. The van der Waals surface area contributed by atoms with Crippen molar-refractivity contribution in [2.45, 2.75) is 65.3 Å². The minimum absolute atomic E-state index is 0.0798. The first-order valence-electron chi connectivity index (χ1n) is 9.97. The summed E-state index contributed by atoms with van der Waals surface area (Å²) in [5, 5.41) is 5.61. The van der Waals surface area contributed by atoms with Crippen LogP contribution in [0.5, 0.6) is 5.75 Å². The molecule has 1 aliphatic rings. The molecule has 7 nitrogen and oxygen atoms in total. The molecular formula is C22H32N2O5. The molecule has 0 unspecified atom stereocenters. The molecule has 1 fully saturated rings. The minimum Gasteiger partial charge on any atom is -0.495 e. The number of aryl methyl sites for hydroxylation is 1. The van der Waals surface area contributed by atoms with Crippen molar-refractivity contribution in [2.24, 2.45) is 5.41 Å². The van der Waals surface area contributed by atoms with Crippen LogP contribution in [-0.2, 0) is 19.1 Å². The van der Waals surface area contributed by atoms with Gasteiger partial charge in [-0.1, -0.05) is 18.9 Å². The Balaban J connectivity index is 1.97. The van der Waals surface area contributed by atoms with Gasteiger partial charge in [0.15, 0.2) is 6.61 Å². The maximum Gasteiger partial charge on any atom is 0.313 e. The molecule has 0 saturated heterocycles. The van der Waals surface area contributed by atoms with Crippen LogP contribution in [0, 0.1) is 12.3 Å². The first kappa shape index (κ1) is 22.7. The van der Waals surface area contributed by atoms with Crippen LogP contribution in [-0.4, -0.2) is 37.0 Å². The largest absolute Gasteiger partial charge is 0.495 e. The third kappa shape index (κ3) is 6.48. The van der Waals surface area contributed by atoms with Crippen molar-refractivity contribution in [3.63, 3.8) is 0 Å². The van der Waals surface area contributed by atoms with E-state index in [-0.39, 0.29) is 17.9 Å². The van der Waals surface area contributed by atoms with Crippen LogP contribution in [0.3, 0.4) is 0 Å². The Kier molecular flexibility index (Phi) is 7.27. The van der Waals surface area contributed by atoms with Crippen molar-refractivity contribution in [3.05, 3.63) is 23.8 Å². The van der Waals surface area contributed by atoms with Gasteiger partial charge in [0.1, 0.15) is 5.75 Å². The summed E-state index contributed by atoms with van der Waals surface area (Å²) in [6.07, 6.45) is 3.00. The van der Waals surface area contributed by atoms with Gasteiger partial charge in [-0.05, 0) is 58.2 Å². The van der Waals surface area contributed by atoms with Crippen molar-refractivity contribution in [3.8, 4) is 5.75 Å². The lowest BCUT2D eigenvalue weighted by atomic mass is 9.82. The number of benzene rings is 1. The highest BCUT2D eigenvalue weighted by molar-refractivity contribution is 5.95. The Morgan fingerprint density at radius 3 is 2.34 bits per heavy atom. The van der Waals surface area contributed by atoms with Gasteiger partial charge in [-0.3, -0.25) is 14.4 Å². The van der Waals surface area contributed by atoms with Crippen molar-refractivity contribution in [2.75, 3.05) is 19.0 Å². The minimum atomic E-state index is -0.851. The lowest BCUT2D eigenvalue weighted by Crippen LogP contribution is -2.44. The number of rotatable bonds is 7. The number of methoxy groups -OCH3 is 1. The molecule has 0 radical (unpaired) electrons. The van der Waals surface area contributed by atoms with Gasteiger partial charge in [0.25, 0.3) is 5.91 Å². The number of hydrogen-bond acceptors (Lipinski definition) is 5. The lowest BCUT2D eigenvalue weighted by molar-refractivity contribution is -0.160. The fourth-order valence-electron chi connectivity index (χ4n) is 3.66. The molecule has 0 bridgehead atoms. The van der Waals surface area contributed by atoms with Gasteiger partial charge in [-0.15, -0.1) is 0 Å². The molecule has 1 aliphatic carbocycles. The predicted octanol–water partition coefficient (Wildman–Crippen LogP) is 3.35. The van der Waals surface area contributed by atoms with Crippen molar-refractivity contribution in [1.82, 2.24) is 5.32 Å². The van der Waals surface area contributed by atoms with Crippen LogP contribution in [0.1, 0.15) is 58.4 Å². The van der Waals surface area contributed by atoms with Gasteiger partial charge in [0, 0.05) is 12.0 Å². The monoisotopic (exact) mass is 404 g/mol. The average Bonchev–Trinajstić information content (AvgIpc) is 3.07. The molecular weight excluding hydrogens is 372 g/mol. The summed E-state index contributed by atoms with van der Waals surface area (Å²) in [6.45, 7) is 7.19. The SMILES string of the molecule is COc1ccc(C)cc1NC(=O)COC(=O)C1(CC(=O)NC(C)(C)C)CCCC1. The highest BCUT2D eigenvalue weighted by Gasteiger charge is 2.44. The van der Waals surface area contributed by atoms with Crippen LogP contribution < -0.4 is 15.4 Å². The van der Waals surface area contributed by atoms with Crippen LogP contribution in [0.25, 0.3) is 0 Å². The Morgan fingerprint density at radius 2 is 1.76 bits per heavy atom. The average molecular weight is 405 g/mol. The summed E-state index contributed by atoms with van der Waals surface area (Å²) in [5.41, 5.74) is 0.269. The van der Waals surface area contributed by atoms with E-state index in [1.807, 2.05) is 33.8 Å². The van der Waals surface area contributed by atoms with E-state index in [1.165, 1.54) is 7.11 Å². The number of anilines is 1. The molecule has 2 N–H and O–H groups in total.